The minimum atomic E-state index is 0.545. The van der Waals surface area contributed by atoms with Crippen LogP contribution in [0.3, 0.4) is 0 Å². The molecule has 0 aliphatic heterocycles. The Morgan fingerprint density at radius 2 is 2.11 bits per heavy atom. The lowest BCUT2D eigenvalue weighted by Gasteiger charge is -2.27. The lowest BCUT2D eigenvalue weighted by molar-refractivity contribution is 0.337. The summed E-state index contributed by atoms with van der Waals surface area (Å²) in [5.41, 5.74) is 0. The van der Waals surface area contributed by atoms with E-state index < -0.39 is 0 Å². The number of nitrogens with one attached hydrogen (secondary N) is 1. The van der Waals surface area contributed by atoms with Crippen LogP contribution in [0.5, 0.6) is 0 Å². The van der Waals surface area contributed by atoms with E-state index in [1.54, 1.807) is 0 Å². The molecule has 0 amide bonds. The lowest BCUT2D eigenvalue weighted by Crippen LogP contribution is -2.34. The molecule has 3 atom stereocenters. The van der Waals surface area contributed by atoms with Gasteiger partial charge in [0, 0.05) is 17.0 Å². The Balaban J connectivity index is 1.94. The third-order valence-corrected chi connectivity index (χ3v) is 5.55. The fourth-order valence-corrected chi connectivity index (χ4v) is 4.24. The average molecular weight is 279 g/mol. The monoisotopic (exact) mass is 279 g/mol. The minimum absolute atomic E-state index is 0.545. The summed E-state index contributed by atoms with van der Waals surface area (Å²) in [5, 5.41) is 6.15. The van der Waals surface area contributed by atoms with Crippen LogP contribution in [0.15, 0.2) is 17.5 Å². The molecule has 0 spiro atoms. The molecule has 1 aromatic rings. The molecule has 1 saturated carbocycles. The van der Waals surface area contributed by atoms with E-state index in [1.165, 1.54) is 43.4 Å². The molecule has 19 heavy (non-hydrogen) atoms. The molecule has 0 bridgehead atoms. The highest BCUT2D eigenvalue weighted by atomic mass is 32.1. The van der Waals surface area contributed by atoms with Crippen LogP contribution in [0.4, 0.5) is 0 Å². The van der Waals surface area contributed by atoms with Crippen molar-refractivity contribution >= 4 is 11.3 Å². The van der Waals surface area contributed by atoms with Crippen molar-refractivity contribution in [3.8, 4) is 0 Å². The topological polar surface area (TPSA) is 12.0 Å². The summed E-state index contributed by atoms with van der Waals surface area (Å²) in [5.74, 6) is 1.65. The standard InChI is InChI=1S/C17H29NS/c1-4-14-7-5-8-15(11-10-14)18-17(13(2)3)16-9-6-12-19-16/h6,9,12-15,17-18H,4-5,7-8,10-11H2,1-3H3. The molecule has 2 rings (SSSR count). The van der Waals surface area contributed by atoms with Crippen molar-refractivity contribution in [3.63, 3.8) is 0 Å². The summed E-state index contributed by atoms with van der Waals surface area (Å²) >= 11 is 1.90. The quantitative estimate of drug-likeness (QED) is 0.712. The highest BCUT2D eigenvalue weighted by Gasteiger charge is 2.23. The second kappa shape index (κ2) is 7.44. The number of hydrogen-bond acceptors (Lipinski definition) is 2. The molecule has 1 aromatic heterocycles. The molecular weight excluding hydrogens is 250 g/mol. The van der Waals surface area contributed by atoms with E-state index in [2.05, 4.69) is 43.6 Å². The highest BCUT2D eigenvalue weighted by molar-refractivity contribution is 7.10. The molecule has 1 nitrogen and oxygen atoms in total. The first-order valence-electron chi connectivity index (χ1n) is 8.00. The molecule has 1 aliphatic rings. The van der Waals surface area contributed by atoms with Crippen LogP contribution in [-0.4, -0.2) is 6.04 Å². The van der Waals surface area contributed by atoms with Crippen molar-refractivity contribution in [2.75, 3.05) is 0 Å². The second-order valence-corrected chi connectivity index (χ2v) is 7.36. The molecule has 3 unspecified atom stereocenters. The van der Waals surface area contributed by atoms with Gasteiger partial charge in [0.1, 0.15) is 0 Å². The number of thiophene rings is 1. The minimum Gasteiger partial charge on any atom is -0.306 e. The smallest absolute Gasteiger partial charge is 0.0440 e. The summed E-state index contributed by atoms with van der Waals surface area (Å²) in [6, 6.07) is 5.74. The second-order valence-electron chi connectivity index (χ2n) is 6.38. The zero-order valence-electron chi connectivity index (χ0n) is 12.7. The third kappa shape index (κ3) is 4.32. The Kier molecular flexibility index (Phi) is 5.90. The van der Waals surface area contributed by atoms with Crippen LogP contribution in [-0.2, 0) is 0 Å². The molecule has 0 saturated heterocycles. The SMILES string of the molecule is CCC1CCCC(NC(c2cccs2)C(C)C)CC1. The summed E-state index contributed by atoms with van der Waals surface area (Å²) < 4.78 is 0. The van der Waals surface area contributed by atoms with Crippen molar-refractivity contribution in [1.82, 2.24) is 5.32 Å². The normalized spacial score (nSPS) is 26.3. The van der Waals surface area contributed by atoms with Crippen LogP contribution < -0.4 is 5.32 Å². The molecule has 0 radical (unpaired) electrons. The maximum Gasteiger partial charge on any atom is 0.0440 e. The maximum absolute atomic E-state index is 3.95. The lowest BCUT2D eigenvalue weighted by atomic mass is 9.97. The summed E-state index contributed by atoms with van der Waals surface area (Å²) in [6.07, 6.45) is 8.37. The van der Waals surface area contributed by atoms with E-state index in [0.717, 1.165) is 12.0 Å². The van der Waals surface area contributed by atoms with E-state index in [0.29, 0.717) is 12.0 Å². The maximum atomic E-state index is 3.95. The largest absolute Gasteiger partial charge is 0.306 e. The summed E-state index contributed by atoms with van der Waals surface area (Å²) in [6.45, 7) is 7.02. The van der Waals surface area contributed by atoms with Crippen LogP contribution in [0.25, 0.3) is 0 Å². The predicted octanol–water partition coefficient (Wildman–Crippen LogP) is 5.39. The fourth-order valence-electron chi connectivity index (χ4n) is 3.28. The van der Waals surface area contributed by atoms with Gasteiger partial charge in [-0.3, -0.25) is 0 Å². The Hall–Kier alpha value is -0.340. The zero-order valence-corrected chi connectivity index (χ0v) is 13.5. The third-order valence-electron chi connectivity index (χ3n) is 4.60. The summed E-state index contributed by atoms with van der Waals surface area (Å²) in [4.78, 5) is 1.51. The number of rotatable bonds is 5. The Morgan fingerprint density at radius 1 is 1.26 bits per heavy atom. The van der Waals surface area contributed by atoms with Crippen molar-refractivity contribution in [3.05, 3.63) is 22.4 Å². The van der Waals surface area contributed by atoms with Crippen molar-refractivity contribution in [2.45, 2.75) is 71.4 Å². The van der Waals surface area contributed by atoms with Crippen LogP contribution in [0.2, 0.25) is 0 Å². The Morgan fingerprint density at radius 3 is 2.74 bits per heavy atom. The van der Waals surface area contributed by atoms with Gasteiger partial charge in [0.05, 0.1) is 0 Å². The van der Waals surface area contributed by atoms with Gasteiger partial charge in [-0.25, -0.2) is 0 Å². The van der Waals surface area contributed by atoms with Gasteiger partial charge >= 0.3 is 0 Å². The van der Waals surface area contributed by atoms with E-state index in [-0.39, 0.29) is 0 Å². The first-order chi connectivity index (χ1) is 9.20. The van der Waals surface area contributed by atoms with Crippen molar-refractivity contribution in [2.24, 2.45) is 11.8 Å². The first kappa shape index (κ1) is 15.1. The Bertz CT molecular complexity index is 344. The molecule has 2 heteroatoms. The number of hydrogen-bond donors (Lipinski definition) is 1. The van der Waals surface area contributed by atoms with E-state index in [1.807, 2.05) is 11.3 Å². The molecule has 1 N–H and O–H groups in total. The highest BCUT2D eigenvalue weighted by Crippen LogP contribution is 2.30. The fraction of sp³-hybridized carbons (Fsp3) is 0.765. The van der Waals surface area contributed by atoms with Gasteiger partial charge in [0.15, 0.2) is 0 Å². The molecule has 1 fully saturated rings. The zero-order chi connectivity index (χ0) is 13.7. The van der Waals surface area contributed by atoms with E-state index in [9.17, 15) is 0 Å². The molecule has 108 valence electrons. The first-order valence-corrected chi connectivity index (χ1v) is 8.88. The van der Waals surface area contributed by atoms with Crippen molar-refractivity contribution in [1.29, 1.82) is 0 Å². The molecular formula is C17H29NS. The Labute approximate surface area is 122 Å². The van der Waals surface area contributed by atoms with Crippen molar-refractivity contribution < 1.29 is 0 Å². The molecule has 1 aliphatic carbocycles. The van der Waals surface area contributed by atoms with Crippen LogP contribution >= 0.6 is 11.3 Å². The molecule has 0 aromatic carbocycles. The van der Waals surface area contributed by atoms with E-state index >= 15 is 0 Å². The van der Waals surface area contributed by atoms with Gasteiger partial charge in [-0.2, -0.15) is 0 Å². The van der Waals surface area contributed by atoms with Gasteiger partial charge in [-0.1, -0.05) is 46.1 Å². The van der Waals surface area contributed by atoms with Crippen LogP contribution in [0, 0.1) is 11.8 Å². The van der Waals surface area contributed by atoms with Gasteiger partial charge < -0.3 is 5.32 Å². The van der Waals surface area contributed by atoms with Gasteiger partial charge in [0.2, 0.25) is 0 Å². The van der Waals surface area contributed by atoms with Gasteiger partial charge in [0.25, 0.3) is 0 Å². The van der Waals surface area contributed by atoms with Gasteiger partial charge in [-0.05, 0) is 42.5 Å². The van der Waals surface area contributed by atoms with Gasteiger partial charge in [-0.15, -0.1) is 11.3 Å². The predicted molar refractivity (Wildman–Crippen MR) is 85.7 cm³/mol. The van der Waals surface area contributed by atoms with E-state index in [4.69, 9.17) is 0 Å². The molecule has 1 heterocycles. The van der Waals surface area contributed by atoms with Crippen LogP contribution in [0.1, 0.15) is 70.2 Å². The average Bonchev–Trinajstić information content (AvgIpc) is 2.82. The summed E-state index contributed by atoms with van der Waals surface area (Å²) in [7, 11) is 0.